The Hall–Kier alpha value is -7.01. The van der Waals surface area contributed by atoms with Crippen molar-refractivity contribution >= 4 is 46.1 Å². The van der Waals surface area contributed by atoms with E-state index in [4.69, 9.17) is 9.15 Å². The number of allylic oxidation sites excluding steroid dienone is 2. The standard InChI is InChI=1S/C47H38N4O7/c1-26-12-16-29(17-13-26)49-51-44(54)36-25-35-32(41(33-21-20-31(52)24-39(33)57-2)47(36,46(51)56)28-8-4-3-5-9-28)22-23-34-40(35)45(55)50(43(34)53)30-18-14-27(15-19-30)42-48-37-10-6-7-11-38(37)58-42/h3-22,24,34-36,40-41,49,52H,23,25H2,1-2H3/t34-,35+,36-,40-,41+,47+/m0/s1. The van der Waals surface area contributed by atoms with E-state index in [1.807, 2.05) is 91.9 Å². The number of benzene rings is 5. The number of hydrogen-bond donors (Lipinski definition) is 2. The summed E-state index contributed by atoms with van der Waals surface area (Å²) in [6.45, 7) is 1.96. The van der Waals surface area contributed by atoms with Crippen molar-refractivity contribution in [2.45, 2.75) is 31.1 Å². The minimum Gasteiger partial charge on any atom is -0.508 e. The van der Waals surface area contributed by atoms with Crippen LogP contribution in [-0.2, 0) is 24.6 Å². The van der Waals surface area contributed by atoms with Gasteiger partial charge in [0.25, 0.3) is 11.8 Å². The number of oxazole rings is 1. The van der Waals surface area contributed by atoms with Gasteiger partial charge in [-0.2, -0.15) is 5.01 Å². The molecule has 2 aliphatic carbocycles. The lowest BCUT2D eigenvalue weighted by atomic mass is 9.49. The van der Waals surface area contributed by atoms with Crippen molar-refractivity contribution in [1.29, 1.82) is 0 Å². The maximum atomic E-state index is 15.4. The Kier molecular flexibility index (Phi) is 8.12. The van der Waals surface area contributed by atoms with E-state index >= 15 is 4.79 Å². The average molecular weight is 771 g/mol. The first kappa shape index (κ1) is 35.4. The SMILES string of the molecule is COc1cc(O)ccc1[C@H]1C2=CC[C@@H]3C(=O)N(c4ccc(-c5nc6ccccc6o5)cc4)C(=O)[C@@H]3[C@@H]2C[C@H]2C(=O)N(Nc3ccc(C)cc3)C(=O)[C@@]12c1ccccc1. The van der Waals surface area contributed by atoms with E-state index < -0.39 is 46.8 Å². The molecule has 4 aliphatic rings. The van der Waals surface area contributed by atoms with Crippen LogP contribution in [0.25, 0.3) is 22.6 Å². The lowest BCUT2D eigenvalue weighted by Gasteiger charge is -2.50. The third-order valence-corrected chi connectivity index (χ3v) is 12.6. The number of rotatable bonds is 7. The summed E-state index contributed by atoms with van der Waals surface area (Å²) >= 11 is 0. The number of aryl methyl sites for hydroxylation is 1. The van der Waals surface area contributed by atoms with Crippen LogP contribution in [-0.4, -0.2) is 45.8 Å². The number of phenols is 1. The van der Waals surface area contributed by atoms with Crippen LogP contribution in [0.15, 0.2) is 137 Å². The number of fused-ring (bicyclic) bond motifs is 5. The molecule has 0 spiro atoms. The number of hydrazine groups is 1. The van der Waals surface area contributed by atoms with Gasteiger partial charge in [-0.05, 0) is 85.8 Å². The summed E-state index contributed by atoms with van der Waals surface area (Å²) in [5.74, 6) is -4.55. The number of anilines is 2. The first-order chi connectivity index (χ1) is 28.2. The smallest absolute Gasteiger partial charge is 0.260 e. The second-order valence-electron chi connectivity index (χ2n) is 15.6. The third kappa shape index (κ3) is 5.15. The molecule has 6 aromatic rings. The molecule has 3 fully saturated rings. The Morgan fingerprint density at radius 2 is 1.57 bits per heavy atom. The molecule has 6 atom stereocenters. The van der Waals surface area contributed by atoms with Crippen LogP contribution in [0.4, 0.5) is 11.4 Å². The van der Waals surface area contributed by atoms with Gasteiger partial charge in [0.2, 0.25) is 17.7 Å². The maximum Gasteiger partial charge on any atom is 0.260 e. The number of methoxy groups -OCH3 is 1. The molecule has 0 radical (unpaired) electrons. The highest BCUT2D eigenvalue weighted by atomic mass is 16.5. The average Bonchev–Trinajstić information content (AvgIpc) is 3.86. The van der Waals surface area contributed by atoms with Crippen molar-refractivity contribution in [2.75, 3.05) is 17.4 Å². The number of ether oxygens (including phenoxy) is 1. The number of amides is 4. The number of nitrogens with one attached hydrogen (secondary N) is 1. The number of nitrogens with zero attached hydrogens (tertiary/aromatic N) is 3. The molecule has 11 nitrogen and oxygen atoms in total. The summed E-state index contributed by atoms with van der Waals surface area (Å²) < 4.78 is 11.8. The first-order valence-electron chi connectivity index (χ1n) is 19.4. The number of aromatic hydroxyl groups is 1. The topological polar surface area (TPSA) is 142 Å². The molecular formula is C47H38N4O7. The van der Waals surface area contributed by atoms with E-state index in [1.54, 1.807) is 36.4 Å². The van der Waals surface area contributed by atoms with Crippen molar-refractivity contribution in [3.05, 3.63) is 150 Å². The van der Waals surface area contributed by atoms with Crippen molar-refractivity contribution in [3.63, 3.8) is 0 Å². The highest BCUT2D eigenvalue weighted by Crippen LogP contribution is 2.65. The number of aromatic nitrogens is 1. The van der Waals surface area contributed by atoms with E-state index in [-0.39, 0.29) is 30.4 Å². The Labute approximate surface area is 333 Å². The Balaban J connectivity index is 1.08. The van der Waals surface area contributed by atoms with Crippen molar-refractivity contribution < 1.29 is 33.4 Å². The highest BCUT2D eigenvalue weighted by molar-refractivity contribution is 6.22. The quantitative estimate of drug-likeness (QED) is 0.123. The summed E-state index contributed by atoms with van der Waals surface area (Å²) in [6.07, 6.45) is 2.42. The van der Waals surface area contributed by atoms with Gasteiger partial charge in [0.15, 0.2) is 5.58 Å². The lowest BCUT2D eigenvalue weighted by molar-refractivity contribution is -0.138. The summed E-state index contributed by atoms with van der Waals surface area (Å²) in [6, 6.07) is 36.0. The van der Waals surface area contributed by atoms with Gasteiger partial charge in [-0.15, -0.1) is 0 Å². The molecule has 11 heteroatoms. The van der Waals surface area contributed by atoms with Crippen LogP contribution in [0, 0.1) is 30.6 Å². The first-order valence-corrected chi connectivity index (χ1v) is 19.4. The molecular weight excluding hydrogens is 733 g/mol. The third-order valence-electron chi connectivity index (χ3n) is 12.6. The Bertz CT molecular complexity index is 2660. The summed E-state index contributed by atoms with van der Waals surface area (Å²) in [7, 11) is 1.50. The van der Waals surface area contributed by atoms with Crippen LogP contribution in [0.2, 0.25) is 0 Å². The van der Waals surface area contributed by atoms with Gasteiger partial charge in [-0.3, -0.25) is 29.5 Å². The molecule has 288 valence electrons. The van der Waals surface area contributed by atoms with Crippen LogP contribution in [0.3, 0.4) is 0 Å². The summed E-state index contributed by atoms with van der Waals surface area (Å²) in [5, 5.41) is 11.7. The van der Waals surface area contributed by atoms with Gasteiger partial charge in [0.05, 0.1) is 41.7 Å². The normalized spacial score (nSPS) is 25.1. The zero-order valence-corrected chi connectivity index (χ0v) is 31.7. The minimum absolute atomic E-state index is 0.0261. The van der Waals surface area contributed by atoms with Gasteiger partial charge in [0.1, 0.15) is 17.0 Å². The Morgan fingerprint density at radius 1 is 0.828 bits per heavy atom. The van der Waals surface area contributed by atoms with E-state index in [9.17, 15) is 19.5 Å². The molecule has 4 amide bonds. The molecule has 58 heavy (non-hydrogen) atoms. The predicted octanol–water partition coefficient (Wildman–Crippen LogP) is 7.71. The molecule has 10 rings (SSSR count). The molecule has 0 unspecified atom stereocenters. The fraction of sp³-hybridized carbons (Fsp3) is 0.213. The largest absolute Gasteiger partial charge is 0.508 e. The number of hydrogen-bond acceptors (Lipinski definition) is 9. The molecule has 2 saturated heterocycles. The number of carbonyl (C=O) groups excluding carboxylic acids is 4. The zero-order chi connectivity index (χ0) is 39.9. The number of para-hydroxylation sites is 2. The minimum atomic E-state index is -1.47. The van der Waals surface area contributed by atoms with Gasteiger partial charge in [0, 0.05) is 23.1 Å². The number of phenolic OH excluding ortho intramolecular Hbond substituents is 1. The van der Waals surface area contributed by atoms with Crippen molar-refractivity contribution in [2.24, 2.45) is 23.7 Å². The maximum absolute atomic E-state index is 15.4. The summed E-state index contributed by atoms with van der Waals surface area (Å²) in [4.78, 5) is 65.4. The molecule has 1 saturated carbocycles. The van der Waals surface area contributed by atoms with Gasteiger partial charge in [-0.1, -0.05) is 77.9 Å². The molecule has 2 aliphatic heterocycles. The van der Waals surface area contributed by atoms with Crippen LogP contribution in [0.1, 0.15) is 35.4 Å². The fourth-order valence-corrected chi connectivity index (χ4v) is 10.0. The Morgan fingerprint density at radius 3 is 2.31 bits per heavy atom. The van der Waals surface area contributed by atoms with Gasteiger partial charge >= 0.3 is 0 Å². The van der Waals surface area contributed by atoms with E-state index in [0.29, 0.717) is 45.3 Å². The zero-order valence-electron chi connectivity index (χ0n) is 31.7. The summed E-state index contributed by atoms with van der Waals surface area (Å²) in [5.41, 5.74) is 7.77. The molecule has 3 heterocycles. The molecule has 0 bridgehead atoms. The van der Waals surface area contributed by atoms with E-state index in [0.717, 1.165) is 21.7 Å². The number of carbonyl (C=O) groups is 4. The number of imide groups is 2. The van der Waals surface area contributed by atoms with Crippen LogP contribution in [0.5, 0.6) is 11.5 Å². The molecule has 5 aromatic carbocycles. The second kappa shape index (κ2) is 13.3. The van der Waals surface area contributed by atoms with Crippen LogP contribution < -0.4 is 15.1 Å². The highest BCUT2D eigenvalue weighted by Gasteiger charge is 2.70. The van der Waals surface area contributed by atoms with Crippen molar-refractivity contribution in [3.8, 4) is 23.0 Å². The lowest BCUT2D eigenvalue weighted by Crippen LogP contribution is -2.53. The van der Waals surface area contributed by atoms with E-state index in [2.05, 4.69) is 10.4 Å². The second-order valence-corrected chi connectivity index (χ2v) is 15.6. The fourth-order valence-electron chi connectivity index (χ4n) is 10.0. The van der Waals surface area contributed by atoms with Gasteiger partial charge in [-0.25, -0.2) is 4.98 Å². The predicted molar refractivity (Wildman–Crippen MR) is 215 cm³/mol. The van der Waals surface area contributed by atoms with Gasteiger partial charge < -0.3 is 14.3 Å². The van der Waals surface area contributed by atoms with Crippen LogP contribution >= 0.6 is 0 Å². The van der Waals surface area contributed by atoms with Crippen molar-refractivity contribution in [1.82, 2.24) is 9.99 Å². The molecule has 1 aromatic heterocycles. The molecule has 2 N–H and O–H groups in total. The van der Waals surface area contributed by atoms with E-state index in [1.165, 1.54) is 18.1 Å². The monoisotopic (exact) mass is 770 g/mol.